The molecule has 31 heavy (non-hydrogen) atoms. The summed E-state index contributed by atoms with van der Waals surface area (Å²) in [7, 11) is 1.88. The Labute approximate surface area is 201 Å². The van der Waals surface area contributed by atoms with Gasteiger partial charge in [0.25, 0.3) is 0 Å². The SMILES string of the molecule is CN=C(NCC1CCN(Cc2nc(C)c(C)o2)CC1)N1CCC(c2ncn[nH]2)CC1.I. The zero-order chi connectivity index (χ0) is 20.9. The number of nitrogens with zero attached hydrogens (tertiary/aromatic N) is 6. The number of oxazole rings is 1. The minimum Gasteiger partial charge on any atom is -0.444 e. The van der Waals surface area contributed by atoms with E-state index in [1.165, 1.54) is 12.8 Å². The molecule has 10 heteroatoms. The highest BCUT2D eigenvalue weighted by molar-refractivity contribution is 14.0. The van der Waals surface area contributed by atoms with Crippen molar-refractivity contribution in [2.24, 2.45) is 10.9 Å². The van der Waals surface area contributed by atoms with Crippen molar-refractivity contribution in [2.45, 2.75) is 52.0 Å². The molecule has 0 spiro atoms. The number of nitrogens with one attached hydrogen (secondary N) is 2. The van der Waals surface area contributed by atoms with Gasteiger partial charge >= 0.3 is 0 Å². The Balaban J connectivity index is 0.00000272. The number of H-pyrrole nitrogens is 1. The topological polar surface area (TPSA) is 98.5 Å². The second-order valence-corrected chi connectivity index (χ2v) is 8.53. The Morgan fingerprint density at radius 1 is 1.19 bits per heavy atom. The van der Waals surface area contributed by atoms with Crippen molar-refractivity contribution in [3.8, 4) is 0 Å². The lowest BCUT2D eigenvalue weighted by Crippen LogP contribution is -2.47. The van der Waals surface area contributed by atoms with Crippen LogP contribution in [0, 0.1) is 19.8 Å². The van der Waals surface area contributed by atoms with Gasteiger partial charge in [0, 0.05) is 32.6 Å². The molecule has 2 aliphatic heterocycles. The van der Waals surface area contributed by atoms with Gasteiger partial charge in [-0.1, -0.05) is 0 Å². The van der Waals surface area contributed by atoms with E-state index in [2.05, 4.69) is 40.3 Å². The van der Waals surface area contributed by atoms with E-state index in [1.54, 1.807) is 6.33 Å². The minimum atomic E-state index is 0. The summed E-state index contributed by atoms with van der Waals surface area (Å²) in [5.74, 6) is 4.97. The molecule has 2 saturated heterocycles. The molecule has 0 atom stereocenters. The molecule has 9 nitrogen and oxygen atoms in total. The van der Waals surface area contributed by atoms with Crippen LogP contribution >= 0.6 is 24.0 Å². The maximum atomic E-state index is 5.74. The predicted octanol–water partition coefficient (Wildman–Crippen LogP) is 2.69. The summed E-state index contributed by atoms with van der Waals surface area (Å²) in [6.45, 7) is 9.96. The predicted molar refractivity (Wildman–Crippen MR) is 131 cm³/mol. The molecule has 4 heterocycles. The lowest BCUT2D eigenvalue weighted by atomic mass is 9.96. The fourth-order valence-corrected chi connectivity index (χ4v) is 4.49. The van der Waals surface area contributed by atoms with E-state index in [0.717, 1.165) is 81.2 Å². The van der Waals surface area contributed by atoms with Crippen LogP contribution in [-0.4, -0.2) is 75.7 Å². The zero-order valence-electron chi connectivity index (χ0n) is 18.8. The molecule has 0 amide bonds. The van der Waals surface area contributed by atoms with Crippen molar-refractivity contribution in [3.63, 3.8) is 0 Å². The molecular weight excluding hydrogens is 507 g/mol. The standard InChI is InChI=1S/C21H34N8O.HI/c1-15-16(2)30-19(26-15)13-28-8-4-17(5-9-28)12-23-21(22-3)29-10-6-18(7-11-29)20-24-14-25-27-20;/h14,17-18H,4-13H2,1-3H3,(H,22,23)(H,24,25,27);1H. The van der Waals surface area contributed by atoms with Gasteiger partial charge in [-0.3, -0.25) is 15.0 Å². The number of aromatic amines is 1. The summed E-state index contributed by atoms with van der Waals surface area (Å²) in [5.41, 5.74) is 1.00. The first-order chi connectivity index (χ1) is 14.6. The Bertz CT molecular complexity index is 801. The quantitative estimate of drug-likeness (QED) is 0.341. The van der Waals surface area contributed by atoms with E-state index < -0.39 is 0 Å². The van der Waals surface area contributed by atoms with Gasteiger partial charge in [0.1, 0.15) is 17.9 Å². The number of hydrogen-bond acceptors (Lipinski definition) is 6. The van der Waals surface area contributed by atoms with Crippen LogP contribution in [0.5, 0.6) is 0 Å². The summed E-state index contributed by atoms with van der Waals surface area (Å²) in [5, 5.41) is 10.6. The average Bonchev–Trinajstić information content (AvgIpc) is 3.40. The van der Waals surface area contributed by atoms with Gasteiger partial charge in [-0.25, -0.2) is 9.97 Å². The van der Waals surface area contributed by atoms with Gasteiger partial charge in [0.15, 0.2) is 5.96 Å². The van der Waals surface area contributed by atoms with E-state index in [4.69, 9.17) is 4.42 Å². The summed E-state index contributed by atoms with van der Waals surface area (Å²) >= 11 is 0. The second kappa shape index (κ2) is 11.3. The summed E-state index contributed by atoms with van der Waals surface area (Å²) in [6, 6.07) is 0. The molecule has 2 aromatic rings. The van der Waals surface area contributed by atoms with Crippen LogP contribution in [0.4, 0.5) is 0 Å². The first-order valence-electron chi connectivity index (χ1n) is 11.1. The molecular formula is C21H35IN8O. The molecule has 0 bridgehead atoms. The van der Waals surface area contributed by atoms with Crippen LogP contribution < -0.4 is 5.32 Å². The van der Waals surface area contributed by atoms with Gasteiger partial charge in [-0.15, -0.1) is 24.0 Å². The van der Waals surface area contributed by atoms with Crippen LogP contribution in [0.2, 0.25) is 0 Å². The first-order valence-corrected chi connectivity index (χ1v) is 11.1. The third kappa shape index (κ3) is 6.18. The highest BCUT2D eigenvalue weighted by Crippen LogP contribution is 2.25. The Morgan fingerprint density at radius 2 is 1.94 bits per heavy atom. The monoisotopic (exact) mass is 542 g/mol. The summed E-state index contributed by atoms with van der Waals surface area (Å²) < 4.78 is 5.74. The van der Waals surface area contributed by atoms with E-state index in [9.17, 15) is 0 Å². The lowest BCUT2D eigenvalue weighted by Gasteiger charge is -2.35. The number of likely N-dealkylation sites (tertiary alicyclic amines) is 2. The smallest absolute Gasteiger partial charge is 0.208 e. The van der Waals surface area contributed by atoms with E-state index in [1.807, 2.05) is 20.9 Å². The first kappa shape index (κ1) is 24.0. The average molecular weight is 542 g/mol. The van der Waals surface area contributed by atoms with Gasteiger partial charge in [0.05, 0.1) is 12.2 Å². The molecule has 0 saturated carbocycles. The van der Waals surface area contributed by atoms with E-state index in [-0.39, 0.29) is 24.0 Å². The largest absolute Gasteiger partial charge is 0.444 e. The van der Waals surface area contributed by atoms with Crippen LogP contribution in [0.3, 0.4) is 0 Å². The lowest BCUT2D eigenvalue weighted by molar-refractivity contribution is 0.163. The molecule has 0 aromatic carbocycles. The van der Waals surface area contributed by atoms with Crippen LogP contribution in [0.15, 0.2) is 15.7 Å². The van der Waals surface area contributed by atoms with Gasteiger partial charge < -0.3 is 14.6 Å². The molecule has 0 unspecified atom stereocenters. The third-order valence-electron chi connectivity index (χ3n) is 6.51. The molecule has 172 valence electrons. The molecule has 2 N–H and O–H groups in total. The molecule has 0 radical (unpaired) electrons. The van der Waals surface area contributed by atoms with Crippen LogP contribution in [0.25, 0.3) is 0 Å². The fraction of sp³-hybridized carbons (Fsp3) is 0.714. The molecule has 4 rings (SSSR count). The molecule has 2 aromatic heterocycles. The van der Waals surface area contributed by atoms with E-state index in [0.29, 0.717) is 11.8 Å². The number of piperidine rings is 2. The van der Waals surface area contributed by atoms with Crippen molar-refractivity contribution in [1.82, 2.24) is 35.3 Å². The number of guanidine groups is 1. The maximum absolute atomic E-state index is 5.74. The molecule has 0 aliphatic carbocycles. The van der Waals surface area contributed by atoms with Crippen molar-refractivity contribution in [2.75, 3.05) is 39.8 Å². The van der Waals surface area contributed by atoms with Crippen molar-refractivity contribution in [1.29, 1.82) is 0 Å². The highest BCUT2D eigenvalue weighted by Gasteiger charge is 2.25. The number of aryl methyl sites for hydroxylation is 2. The normalized spacial score (nSPS) is 19.5. The number of halogens is 1. The number of hydrogen-bond donors (Lipinski definition) is 2. The van der Waals surface area contributed by atoms with Gasteiger partial charge in [0.2, 0.25) is 5.89 Å². The molecule has 2 aliphatic rings. The summed E-state index contributed by atoms with van der Waals surface area (Å²) in [6.07, 6.45) is 6.13. The fourth-order valence-electron chi connectivity index (χ4n) is 4.49. The Kier molecular flexibility index (Phi) is 8.70. The third-order valence-corrected chi connectivity index (χ3v) is 6.51. The molecule has 2 fully saturated rings. The number of aromatic nitrogens is 4. The van der Waals surface area contributed by atoms with Gasteiger partial charge in [-0.05, 0) is 58.5 Å². The number of aliphatic imine (C=N–C) groups is 1. The zero-order valence-corrected chi connectivity index (χ0v) is 21.1. The van der Waals surface area contributed by atoms with E-state index >= 15 is 0 Å². The van der Waals surface area contributed by atoms with Crippen molar-refractivity contribution in [3.05, 3.63) is 29.5 Å². The summed E-state index contributed by atoms with van der Waals surface area (Å²) in [4.78, 5) is 18.2. The van der Waals surface area contributed by atoms with Crippen molar-refractivity contribution < 1.29 is 4.42 Å². The second-order valence-electron chi connectivity index (χ2n) is 8.53. The minimum absolute atomic E-state index is 0. The van der Waals surface area contributed by atoms with Crippen molar-refractivity contribution >= 4 is 29.9 Å². The Morgan fingerprint density at radius 3 is 2.52 bits per heavy atom. The van der Waals surface area contributed by atoms with Crippen LogP contribution in [0.1, 0.15) is 54.8 Å². The maximum Gasteiger partial charge on any atom is 0.208 e. The highest BCUT2D eigenvalue weighted by atomic mass is 127. The Hall–Kier alpha value is -1.69. The van der Waals surface area contributed by atoms with Crippen LogP contribution in [-0.2, 0) is 6.54 Å². The van der Waals surface area contributed by atoms with Gasteiger partial charge in [-0.2, -0.15) is 5.10 Å². The number of rotatable bonds is 5.